The third-order valence-electron chi connectivity index (χ3n) is 2.25. The standard InChI is InChI=1S/C12H17FN2O3/c1-14-5-6-15-12(16)18-8-9-7-10(13)3-4-11(9)17-2/h3-4,7,14H,5-6,8H2,1-2H3,(H,15,16). The zero-order valence-electron chi connectivity index (χ0n) is 10.5. The van der Waals surface area contributed by atoms with E-state index in [1.807, 2.05) is 0 Å². The molecule has 100 valence electrons. The van der Waals surface area contributed by atoms with E-state index in [9.17, 15) is 9.18 Å². The maximum absolute atomic E-state index is 13.0. The molecule has 0 saturated heterocycles. The molecule has 0 fully saturated rings. The highest BCUT2D eigenvalue weighted by Crippen LogP contribution is 2.19. The minimum Gasteiger partial charge on any atom is -0.496 e. The Morgan fingerprint density at radius 1 is 1.39 bits per heavy atom. The third-order valence-corrected chi connectivity index (χ3v) is 2.25. The first-order chi connectivity index (χ1) is 8.67. The van der Waals surface area contributed by atoms with Crippen molar-refractivity contribution in [2.24, 2.45) is 0 Å². The van der Waals surface area contributed by atoms with Crippen LogP contribution in [0.4, 0.5) is 9.18 Å². The lowest BCUT2D eigenvalue weighted by Crippen LogP contribution is -2.30. The van der Waals surface area contributed by atoms with Crippen LogP contribution < -0.4 is 15.4 Å². The third kappa shape index (κ3) is 4.58. The number of benzene rings is 1. The maximum atomic E-state index is 13.0. The Kier molecular flexibility index (Phi) is 5.93. The Morgan fingerprint density at radius 3 is 2.83 bits per heavy atom. The van der Waals surface area contributed by atoms with E-state index in [2.05, 4.69) is 10.6 Å². The minimum absolute atomic E-state index is 0.0354. The molecule has 1 aromatic rings. The number of rotatable bonds is 6. The molecule has 0 aliphatic carbocycles. The second-order valence-corrected chi connectivity index (χ2v) is 3.56. The summed E-state index contributed by atoms with van der Waals surface area (Å²) in [5, 5.41) is 5.43. The zero-order valence-corrected chi connectivity index (χ0v) is 10.5. The molecule has 6 heteroatoms. The zero-order chi connectivity index (χ0) is 13.4. The summed E-state index contributed by atoms with van der Waals surface area (Å²) in [4.78, 5) is 11.3. The predicted octanol–water partition coefficient (Wildman–Crippen LogP) is 1.28. The second-order valence-electron chi connectivity index (χ2n) is 3.56. The van der Waals surface area contributed by atoms with Crippen LogP contribution in [0.1, 0.15) is 5.56 Å². The summed E-state index contributed by atoms with van der Waals surface area (Å²) < 4.78 is 23.0. The molecule has 0 aliphatic rings. The van der Waals surface area contributed by atoms with Gasteiger partial charge in [-0.1, -0.05) is 0 Å². The van der Waals surface area contributed by atoms with Gasteiger partial charge < -0.3 is 20.1 Å². The van der Waals surface area contributed by atoms with Crippen molar-refractivity contribution < 1.29 is 18.7 Å². The lowest BCUT2D eigenvalue weighted by molar-refractivity contribution is 0.138. The number of alkyl carbamates (subject to hydrolysis) is 1. The summed E-state index contributed by atoms with van der Waals surface area (Å²) in [6.45, 7) is 1.08. The lowest BCUT2D eigenvalue weighted by atomic mass is 10.2. The number of carbonyl (C=O) groups excluding carboxylic acids is 1. The van der Waals surface area contributed by atoms with Gasteiger partial charge in [-0.2, -0.15) is 0 Å². The first kappa shape index (κ1) is 14.2. The highest BCUT2D eigenvalue weighted by atomic mass is 19.1. The van der Waals surface area contributed by atoms with Gasteiger partial charge in [-0.05, 0) is 25.2 Å². The molecule has 18 heavy (non-hydrogen) atoms. The van der Waals surface area contributed by atoms with Crippen molar-refractivity contribution in [2.45, 2.75) is 6.61 Å². The Balaban J connectivity index is 2.47. The summed E-state index contributed by atoms with van der Waals surface area (Å²) in [5.41, 5.74) is 0.487. The van der Waals surface area contributed by atoms with Gasteiger partial charge in [0.2, 0.25) is 0 Å². The van der Waals surface area contributed by atoms with Crippen molar-refractivity contribution in [3.8, 4) is 5.75 Å². The quantitative estimate of drug-likeness (QED) is 0.753. The molecule has 0 atom stereocenters. The molecular weight excluding hydrogens is 239 g/mol. The van der Waals surface area contributed by atoms with Gasteiger partial charge in [0.1, 0.15) is 18.2 Å². The van der Waals surface area contributed by atoms with Crippen LogP contribution in [0.15, 0.2) is 18.2 Å². The van der Waals surface area contributed by atoms with Crippen molar-refractivity contribution in [1.82, 2.24) is 10.6 Å². The van der Waals surface area contributed by atoms with E-state index in [4.69, 9.17) is 9.47 Å². The first-order valence-corrected chi connectivity index (χ1v) is 5.55. The molecule has 0 unspecified atom stereocenters. The number of carbonyl (C=O) groups is 1. The number of amides is 1. The normalized spacial score (nSPS) is 9.94. The van der Waals surface area contributed by atoms with Crippen LogP contribution in [0.25, 0.3) is 0 Å². The van der Waals surface area contributed by atoms with Gasteiger partial charge in [-0.15, -0.1) is 0 Å². The maximum Gasteiger partial charge on any atom is 0.407 e. The Labute approximate surface area is 105 Å². The Morgan fingerprint density at radius 2 is 2.17 bits per heavy atom. The molecule has 0 spiro atoms. The molecule has 0 heterocycles. The number of nitrogens with one attached hydrogen (secondary N) is 2. The van der Waals surface area contributed by atoms with E-state index < -0.39 is 11.9 Å². The first-order valence-electron chi connectivity index (χ1n) is 5.55. The van der Waals surface area contributed by atoms with E-state index >= 15 is 0 Å². The second kappa shape index (κ2) is 7.50. The number of halogens is 1. The highest BCUT2D eigenvalue weighted by molar-refractivity contribution is 5.67. The Hall–Kier alpha value is -1.82. The van der Waals surface area contributed by atoms with E-state index in [1.165, 1.54) is 25.3 Å². The van der Waals surface area contributed by atoms with Gasteiger partial charge in [-0.25, -0.2) is 9.18 Å². The van der Waals surface area contributed by atoms with E-state index in [0.717, 1.165) is 0 Å². The molecule has 2 N–H and O–H groups in total. The van der Waals surface area contributed by atoms with Crippen LogP contribution in [0.5, 0.6) is 5.75 Å². The molecule has 1 aromatic carbocycles. The number of methoxy groups -OCH3 is 1. The van der Waals surface area contributed by atoms with Crippen molar-refractivity contribution in [3.63, 3.8) is 0 Å². The molecule has 1 amide bonds. The van der Waals surface area contributed by atoms with Gasteiger partial charge in [0, 0.05) is 18.7 Å². The van der Waals surface area contributed by atoms with Crippen molar-refractivity contribution in [1.29, 1.82) is 0 Å². The largest absolute Gasteiger partial charge is 0.496 e. The number of ether oxygens (including phenoxy) is 2. The summed E-state index contributed by atoms with van der Waals surface area (Å²) >= 11 is 0. The van der Waals surface area contributed by atoms with Gasteiger partial charge in [0.15, 0.2) is 0 Å². The molecule has 0 saturated carbocycles. The summed E-state index contributed by atoms with van der Waals surface area (Å²) in [7, 11) is 3.26. The van der Waals surface area contributed by atoms with Crippen molar-refractivity contribution in [3.05, 3.63) is 29.6 Å². The molecule has 0 bridgehead atoms. The summed E-state index contributed by atoms with van der Waals surface area (Å²) in [6, 6.07) is 4.06. The van der Waals surface area contributed by atoms with Gasteiger partial charge in [-0.3, -0.25) is 0 Å². The summed E-state index contributed by atoms with van der Waals surface area (Å²) in [5.74, 6) is 0.0874. The lowest BCUT2D eigenvalue weighted by Gasteiger charge is -2.10. The van der Waals surface area contributed by atoms with Crippen LogP contribution >= 0.6 is 0 Å². The Bertz CT molecular complexity index is 399. The van der Waals surface area contributed by atoms with E-state index in [0.29, 0.717) is 24.4 Å². The highest BCUT2D eigenvalue weighted by Gasteiger charge is 2.07. The molecule has 0 aromatic heterocycles. The fraction of sp³-hybridized carbons (Fsp3) is 0.417. The number of hydrogen-bond donors (Lipinski definition) is 2. The molecular formula is C12H17FN2O3. The number of hydrogen-bond acceptors (Lipinski definition) is 4. The topological polar surface area (TPSA) is 59.6 Å². The molecule has 0 aliphatic heterocycles. The minimum atomic E-state index is -0.545. The molecule has 1 rings (SSSR count). The molecule has 5 nitrogen and oxygen atoms in total. The predicted molar refractivity (Wildman–Crippen MR) is 65.1 cm³/mol. The van der Waals surface area contributed by atoms with Crippen LogP contribution in [0.2, 0.25) is 0 Å². The average Bonchev–Trinajstić information content (AvgIpc) is 2.37. The van der Waals surface area contributed by atoms with Crippen molar-refractivity contribution in [2.75, 3.05) is 27.2 Å². The smallest absolute Gasteiger partial charge is 0.407 e. The van der Waals surface area contributed by atoms with E-state index in [-0.39, 0.29) is 6.61 Å². The fourth-order valence-electron chi connectivity index (χ4n) is 1.34. The van der Waals surface area contributed by atoms with Crippen LogP contribution in [-0.4, -0.2) is 33.3 Å². The van der Waals surface area contributed by atoms with E-state index in [1.54, 1.807) is 7.05 Å². The summed E-state index contributed by atoms with van der Waals surface area (Å²) in [6.07, 6.45) is -0.545. The van der Waals surface area contributed by atoms with Crippen LogP contribution in [0.3, 0.4) is 0 Å². The van der Waals surface area contributed by atoms with Gasteiger partial charge >= 0.3 is 6.09 Å². The average molecular weight is 256 g/mol. The van der Waals surface area contributed by atoms with Crippen molar-refractivity contribution >= 4 is 6.09 Å². The van der Waals surface area contributed by atoms with Gasteiger partial charge in [0.25, 0.3) is 0 Å². The fourth-order valence-corrected chi connectivity index (χ4v) is 1.34. The van der Waals surface area contributed by atoms with Gasteiger partial charge in [0.05, 0.1) is 7.11 Å². The molecule has 0 radical (unpaired) electrons. The monoisotopic (exact) mass is 256 g/mol. The van der Waals surface area contributed by atoms with Crippen LogP contribution in [-0.2, 0) is 11.3 Å². The SMILES string of the molecule is CNCCNC(=O)OCc1cc(F)ccc1OC. The van der Waals surface area contributed by atoms with Crippen LogP contribution in [0, 0.1) is 5.82 Å². The number of likely N-dealkylation sites (N-methyl/N-ethyl adjacent to an activating group) is 1.